The number of hydrogen-bond acceptors (Lipinski definition) is 5. The lowest BCUT2D eigenvalue weighted by molar-refractivity contribution is 0.205. The molecule has 0 amide bonds. The smallest absolute Gasteiger partial charge is 0.211 e. The lowest BCUT2D eigenvalue weighted by Crippen LogP contribution is -2.61. The lowest BCUT2D eigenvalue weighted by atomic mass is 10.0. The van der Waals surface area contributed by atoms with Gasteiger partial charge in [-0.15, -0.1) is 0 Å². The number of aromatic nitrogens is 2. The molecule has 7 nitrogen and oxygen atoms in total. The highest BCUT2D eigenvalue weighted by Gasteiger charge is 2.39. The van der Waals surface area contributed by atoms with Crippen LogP contribution in [0.2, 0.25) is 0 Å². The van der Waals surface area contributed by atoms with Crippen molar-refractivity contribution in [3.63, 3.8) is 0 Å². The second kappa shape index (κ2) is 5.22. The summed E-state index contributed by atoms with van der Waals surface area (Å²) >= 11 is 0. The van der Waals surface area contributed by atoms with Crippen molar-refractivity contribution in [2.24, 2.45) is 0 Å². The Bertz CT molecular complexity index is 894. The maximum absolute atomic E-state index is 12.0. The third kappa shape index (κ3) is 2.78. The Morgan fingerprint density at radius 2 is 2.04 bits per heavy atom. The van der Waals surface area contributed by atoms with Crippen LogP contribution in [0.5, 0.6) is 0 Å². The largest absolute Gasteiger partial charge is 0.354 e. The molecule has 2 aromatic rings. The summed E-state index contributed by atoms with van der Waals surface area (Å²) in [7, 11) is -3.25. The molecule has 23 heavy (non-hydrogen) atoms. The van der Waals surface area contributed by atoms with Gasteiger partial charge in [-0.05, 0) is 26.0 Å². The van der Waals surface area contributed by atoms with Gasteiger partial charge in [-0.2, -0.15) is 9.57 Å². The van der Waals surface area contributed by atoms with Gasteiger partial charge in [-0.3, -0.25) is 4.40 Å². The van der Waals surface area contributed by atoms with Gasteiger partial charge in [-0.1, -0.05) is 0 Å². The van der Waals surface area contributed by atoms with Crippen molar-refractivity contribution in [2.45, 2.75) is 19.4 Å². The fraction of sp³-hybridized carbons (Fsp3) is 0.467. The minimum Gasteiger partial charge on any atom is -0.354 e. The van der Waals surface area contributed by atoms with Crippen molar-refractivity contribution in [1.29, 1.82) is 5.26 Å². The van der Waals surface area contributed by atoms with Crippen molar-refractivity contribution in [1.82, 2.24) is 13.7 Å². The lowest BCUT2D eigenvalue weighted by Gasteiger charge is -2.46. The summed E-state index contributed by atoms with van der Waals surface area (Å²) in [5.41, 5.74) is 0.889. The first kappa shape index (κ1) is 15.8. The number of nitrogens with zero attached hydrogens (tertiary/aromatic N) is 5. The molecule has 0 saturated carbocycles. The molecule has 0 atom stereocenters. The average Bonchev–Trinajstić information content (AvgIpc) is 2.91. The number of rotatable bonds is 2. The number of anilines is 1. The van der Waals surface area contributed by atoms with Gasteiger partial charge in [0.2, 0.25) is 10.0 Å². The van der Waals surface area contributed by atoms with E-state index in [1.807, 2.05) is 24.3 Å². The molecule has 0 spiro atoms. The Morgan fingerprint density at radius 1 is 1.30 bits per heavy atom. The number of sulfonamides is 1. The molecule has 2 aromatic heterocycles. The first-order valence-electron chi connectivity index (χ1n) is 7.31. The van der Waals surface area contributed by atoms with Crippen LogP contribution in [0, 0.1) is 11.3 Å². The quantitative estimate of drug-likeness (QED) is 0.821. The molecule has 0 N–H and O–H groups in total. The van der Waals surface area contributed by atoms with Crippen LogP contribution in [-0.4, -0.2) is 53.5 Å². The highest BCUT2D eigenvalue weighted by molar-refractivity contribution is 7.88. The standard InChI is InChI=1S/C15H19N5O2S/c1-15(2)10-18(4-5-20(15)23(3,21)22)14-7-12(8-16)6-13-9-17-11-19(13)14/h6-7,9,11H,4-5,10H2,1-3H3. The molecule has 0 unspecified atom stereocenters. The van der Waals surface area contributed by atoms with Crippen LogP contribution in [0.1, 0.15) is 19.4 Å². The monoisotopic (exact) mass is 333 g/mol. The number of nitriles is 1. The molecule has 1 fully saturated rings. The van der Waals surface area contributed by atoms with Crippen molar-refractivity contribution < 1.29 is 8.42 Å². The summed E-state index contributed by atoms with van der Waals surface area (Å²) in [5.74, 6) is 0.859. The number of hydrogen-bond donors (Lipinski definition) is 0. The van der Waals surface area contributed by atoms with E-state index in [2.05, 4.69) is 16.0 Å². The first-order chi connectivity index (χ1) is 10.7. The van der Waals surface area contributed by atoms with Crippen molar-refractivity contribution in [2.75, 3.05) is 30.8 Å². The summed E-state index contributed by atoms with van der Waals surface area (Å²) in [6.07, 6.45) is 4.67. The van der Waals surface area contributed by atoms with Crippen molar-refractivity contribution >= 4 is 21.4 Å². The summed E-state index contributed by atoms with van der Waals surface area (Å²) in [6.45, 7) is 5.36. The number of piperazine rings is 1. The molecule has 122 valence electrons. The Labute approximate surface area is 135 Å². The van der Waals surface area contributed by atoms with Gasteiger partial charge in [0.15, 0.2) is 0 Å². The molecule has 0 aromatic carbocycles. The summed E-state index contributed by atoms with van der Waals surface area (Å²) < 4.78 is 27.4. The number of pyridine rings is 1. The normalized spacial score (nSPS) is 19.0. The zero-order valence-corrected chi connectivity index (χ0v) is 14.2. The van der Waals surface area contributed by atoms with E-state index in [-0.39, 0.29) is 0 Å². The Morgan fingerprint density at radius 3 is 2.65 bits per heavy atom. The maximum Gasteiger partial charge on any atom is 0.211 e. The summed E-state index contributed by atoms with van der Waals surface area (Å²) in [6, 6.07) is 5.77. The highest BCUT2D eigenvalue weighted by atomic mass is 32.2. The molecule has 3 heterocycles. The molecule has 0 aliphatic carbocycles. The van der Waals surface area contributed by atoms with Crippen LogP contribution >= 0.6 is 0 Å². The summed E-state index contributed by atoms with van der Waals surface area (Å²) in [4.78, 5) is 6.25. The fourth-order valence-corrected chi connectivity index (χ4v) is 4.64. The van der Waals surface area contributed by atoms with Gasteiger partial charge < -0.3 is 4.90 Å². The Balaban J connectivity index is 2.02. The van der Waals surface area contributed by atoms with Gasteiger partial charge in [-0.25, -0.2) is 13.4 Å². The van der Waals surface area contributed by atoms with Gasteiger partial charge >= 0.3 is 0 Å². The predicted octanol–water partition coefficient (Wildman–Crippen LogP) is 1.07. The summed E-state index contributed by atoms with van der Waals surface area (Å²) in [5, 5.41) is 9.22. The molecule has 0 bridgehead atoms. The molecule has 8 heteroatoms. The number of fused-ring (bicyclic) bond motifs is 1. The van der Waals surface area contributed by atoms with Gasteiger partial charge in [0.25, 0.3) is 0 Å². The maximum atomic E-state index is 12.0. The van der Waals surface area contributed by atoms with Crippen LogP contribution < -0.4 is 4.90 Å². The second-order valence-corrected chi connectivity index (χ2v) is 8.38. The van der Waals surface area contributed by atoms with Crippen molar-refractivity contribution in [3.8, 4) is 6.07 Å². The van der Waals surface area contributed by atoms with Crippen LogP contribution in [0.25, 0.3) is 5.52 Å². The molecule has 1 aliphatic rings. The van der Waals surface area contributed by atoms with E-state index in [0.717, 1.165) is 11.3 Å². The van der Waals surface area contributed by atoms with E-state index in [4.69, 9.17) is 0 Å². The highest BCUT2D eigenvalue weighted by Crippen LogP contribution is 2.28. The van der Waals surface area contributed by atoms with Crippen LogP contribution in [0.4, 0.5) is 5.82 Å². The Hall–Kier alpha value is -2.11. The zero-order valence-electron chi connectivity index (χ0n) is 13.4. The number of imidazole rings is 1. The molecule has 3 rings (SSSR count). The van der Waals surface area contributed by atoms with E-state index in [9.17, 15) is 13.7 Å². The van der Waals surface area contributed by atoms with Crippen LogP contribution in [-0.2, 0) is 10.0 Å². The van der Waals surface area contributed by atoms with Gasteiger partial charge in [0.1, 0.15) is 12.1 Å². The zero-order chi connectivity index (χ0) is 16.8. The van der Waals surface area contributed by atoms with E-state index in [0.29, 0.717) is 25.2 Å². The third-order valence-electron chi connectivity index (χ3n) is 4.18. The van der Waals surface area contributed by atoms with Crippen LogP contribution in [0.3, 0.4) is 0 Å². The van der Waals surface area contributed by atoms with Crippen LogP contribution in [0.15, 0.2) is 24.7 Å². The first-order valence-corrected chi connectivity index (χ1v) is 9.16. The minimum atomic E-state index is -3.25. The van der Waals surface area contributed by atoms with Gasteiger partial charge in [0.05, 0.1) is 29.6 Å². The molecular formula is C15H19N5O2S. The molecule has 0 radical (unpaired) electrons. The SMILES string of the molecule is CC1(C)CN(c2cc(C#N)cc3cncn23)CCN1S(C)(=O)=O. The van der Waals surface area contributed by atoms with E-state index >= 15 is 0 Å². The van der Waals surface area contributed by atoms with Gasteiger partial charge in [0, 0.05) is 25.2 Å². The molecule has 1 aliphatic heterocycles. The molecular weight excluding hydrogens is 314 g/mol. The topological polar surface area (TPSA) is 81.7 Å². The Kier molecular flexibility index (Phi) is 3.58. The minimum absolute atomic E-state index is 0.415. The van der Waals surface area contributed by atoms with E-state index in [1.54, 1.807) is 18.6 Å². The average molecular weight is 333 g/mol. The molecule has 1 saturated heterocycles. The third-order valence-corrected chi connectivity index (χ3v) is 5.66. The van der Waals surface area contributed by atoms with Crippen molar-refractivity contribution in [3.05, 3.63) is 30.2 Å². The van der Waals surface area contributed by atoms with E-state index in [1.165, 1.54) is 10.6 Å². The second-order valence-electron chi connectivity index (χ2n) is 6.47. The fourth-order valence-electron chi connectivity index (χ4n) is 3.27. The predicted molar refractivity (Wildman–Crippen MR) is 87.7 cm³/mol. The van der Waals surface area contributed by atoms with E-state index < -0.39 is 15.6 Å².